The summed E-state index contributed by atoms with van der Waals surface area (Å²) in [5.41, 5.74) is -0.427. The molecule has 1 aliphatic heterocycles. The third kappa shape index (κ3) is 10.3. The molecule has 3 atom stereocenters. The highest BCUT2D eigenvalue weighted by molar-refractivity contribution is 7.88. The summed E-state index contributed by atoms with van der Waals surface area (Å²) in [5.74, 6) is 0.393. The van der Waals surface area contributed by atoms with Gasteiger partial charge in [-0.25, -0.2) is 8.42 Å². The van der Waals surface area contributed by atoms with Crippen LogP contribution in [-0.2, 0) is 14.8 Å². The number of nitrogens with zero attached hydrogens (tertiary/aromatic N) is 2. The molecule has 0 N–H and O–H groups in total. The fourth-order valence-corrected chi connectivity index (χ4v) is 5.97. The molecule has 0 radical (unpaired) electrons. The summed E-state index contributed by atoms with van der Waals surface area (Å²) >= 11 is 0. The van der Waals surface area contributed by atoms with E-state index in [2.05, 4.69) is 39.5 Å². The standard InChI is InChI=1S/C25H49F3N2O3S/c1-10-20(22(3,4)5)16-29-14-15-33-24(8,18-29)13-12-23(6,7)21(11-2)17-30(34(9,31)32)19-25(26,27)28/h20-21H,10-19H2,1-9H3/t20-,21-,24?/m0/s1. The summed E-state index contributed by atoms with van der Waals surface area (Å²) in [4.78, 5) is 2.49. The molecule has 34 heavy (non-hydrogen) atoms. The highest BCUT2D eigenvalue weighted by Gasteiger charge is 2.40. The molecule has 0 aliphatic carbocycles. The Hall–Kier alpha value is -0.380. The van der Waals surface area contributed by atoms with E-state index in [9.17, 15) is 21.6 Å². The Kier molecular flexibility index (Phi) is 11.0. The number of morpholine rings is 1. The second-order valence-corrected chi connectivity index (χ2v) is 14.3. The molecule has 1 fully saturated rings. The fourth-order valence-electron chi connectivity index (χ4n) is 5.14. The summed E-state index contributed by atoms with van der Waals surface area (Å²) in [6.45, 7) is 19.1. The van der Waals surface area contributed by atoms with Crippen LogP contribution >= 0.6 is 0 Å². The predicted octanol–water partition coefficient (Wildman–Crippen LogP) is 5.81. The van der Waals surface area contributed by atoms with Gasteiger partial charge in [0.1, 0.15) is 6.54 Å². The molecule has 0 spiro atoms. The molecule has 9 heteroatoms. The molecule has 1 unspecified atom stereocenters. The zero-order valence-corrected chi connectivity index (χ0v) is 23.7. The van der Waals surface area contributed by atoms with Gasteiger partial charge < -0.3 is 4.74 Å². The Morgan fingerprint density at radius 2 is 1.62 bits per heavy atom. The highest BCUT2D eigenvalue weighted by atomic mass is 32.2. The van der Waals surface area contributed by atoms with Crippen LogP contribution in [0.3, 0.4) is 0 Å². The first-order valence-electron chi connectivity index (χ1n) is 12.6. The number of sulfonamides is 1. The van der Waals surface area contributed by atoms with Crippen molar-refractivity contribution in [2.45, 2.75) is 92.9 Å². The second-order valence-electron chi connectivity index (χ2n) is 12.3. The summed E-state index contributed by atoms with van der Waals surface area (Å²) in [7, 11) is -3.96. The SMILES string of the molecule is CC[C@@H](CN1CCOC(C)(CCC(C)(C)[C@@H](CC)CN(CC(F)(F)F)S(C)(=O)=O)C1)C(C)(C)C. The molecule has 1 rings (SSSR count). The highest BCUT2D eigenvalue weighted by Crippen LogP contribution is 2.39. The average Bonchev–Trinajstić information content (AvgIpc) is 2.65. The minimum atomic E-state index is -4.57. The van der Waals surface area contributed by atoms with Crippen LogP contribution < -0.4 is 0 Å². The maximum absolute atomic E-state index is 13.0. The van der Waals surface area contributed by atoms with Gasteiger partial charge in [0.05, 0.1) is 18.5 Å². The molecule has 0 saturated carbocycles. The van der Waals surface area contributed by atoms with Gasteiger partial charge in [-0.05, 0) is 42.4 Å². The molecular formula is C25H49F3N2O3S. The van der Waals surface area contributed by atoms with Crippen LogP contribution in [0.25, 0.3) is 0 Å². The van der Waals surface area contributed by atoms with Crippen molar-refractivity contribution in [2.75, 3.05) is 45.6 Å². The zero-order chi connectivity index (χ0) is 26.6. The van der Waals surface area contributed by atoms with Crippen LogP contribution in [0, 0.1) is 22.7 Å². The van der Waals surface area contributed by atoms with Gasteiger partial charge in [-0.3, -0.25) is 4.90 Å². The normalized spacial score (nSPS) is 23.3. The van der Waals surface area contributed by atoms with Crippen LogP contribution in [-0.4, -0.2) is 75.0 Å². The molecule has 204 valence electrons. The van der Waals surface area contributed by atoms with Crippen molar-refractivity contribution in [1.29, 1.82) is 0 Å². The Morgan fingerprint density at radius 3 is 2.06 bits per heavy atom. The first-order valence-corrected chi connectivity index (χ1v) is 14.5. The molecular weight excluding hydrogens is 465 g/mol. The quantitative estimate of drug-likeness (QED) is 0.330. The van der Waals surface area contributed by atoms with Crippen LogP contribution in [0.1, 0.15) is 81.1 Å². The van der Waals surface area contributed by atoms with E-state index in [4.69, 9.17) is 4.74 Å². The number of hydrogen-bond donors (Lipinski definition) is 0. The van der Waals surface area contributed by atoms with Crippen molar-refractivity contribution in [1.82, 2.24) is 9.21 Å². The molecule has 1 saturated heterocycles. The van der Waals surface area contributed by atoms with Crippen molar-refractivity contribution in [3.05, 3.63) is 0 Å². The third-order valence-electron chi connectivity index (χ3n) is 7.76. The van der Waals surface area contributed by atoms with E-state index in [1.54, 1.807) is 0 Å². The number of hydrogen-bond acceptors (Lipinski definition) is 4. The van der Waals surface area contributed by atoms with Gasteiger partial charge in [0.15, 0.2) is 0 Å². The maximum Gasteiger partial charge on any atom is 0.402 e. The first-order chi connectivity index (χ1) is 15.2. The van der Waals surface area contributed by atoms with E-state index >= 15 is 0 Å². The Bertz CT molecular complexity index is 735. The lowest BCUT2D eigenvalue weighted by molar-refractivity contribution is -0.138. The van der Waals surface area contributed by atoms with Gasteiger partial charge >= 0.3 is 6.18 Å². The summed E-state index contributed by atoms with van der Waals surface area (Å²) in [6.07, 6.45) is -0.470. The number of halogens is 3. The van der Waals surface area contributed by atoms with Gasteiger partial charge in [-0.15, -0.1) is 0 Å². The predicted molar refractivity (Wildman–Crippen MR) is 133 cm³/mol. The summed E-state index contributed by atoms with van der Waals surface area (Å²) in [6, 6.07) is 0. The van der Waals surface area contributed by atoms with E-state index in [1.165, 1.54) is 0 Å². The lowest BCUT2D eigenvalue weighted by Crippen LogP contribution is -2.52. The lowest BCUT2D eigenvalue weighted by atomic mass is 9.72. The molecule has 0 aromatic rings. The Morgan fingerprint density at radius 1 is 1.06 bits per heavy atom. The maximum atomic E-state index is 13.0. The Balaban J connectivity index is 2.87. The van der Waals surface area contributed by atoms with Crippen LogP contribution in [0.4, 0.5) is 13.2 Å². The minimum Gasteiger partial charge on any atom is -0.373 e. The molecule has 0 aromatic carbocycles. The van der Waals surface area contributed by atoms with Gasteiger partial charge in [0.2, 0.25) is 10.0 Å². The number of alkyl halides is 3. The molecule has 5 nitrogen and oxygen atoms in total. The minimum absolute atomic E-state index is 0.130. The second kappa shape index (κ2) is 11.8. The molecule has 0 bridgehead atoms. The Labute approximate surface area is 206 Å². The van der Waals surface area contributed by atoms with Crippen LogP contribution in [0.15, 0.2) is 0 Å². The van der Waals surface area contributed by atoms with Crippen molar-refractivity contribution in [3.63, 3.8) is 0 Å². The topological polar surface area (TPSA) is 49.9 Å². The number of ether oxygens (including phenoxy) is 1. The van der Waals surface area contributed by atoms with E-state index in [0.29, 0.717) is 23.3 Å². The van der Waals surface area contributed by atoms with Gasteiger partial charge in [0.25, 0.3) is 0 Å². The van der Waals surface area contributed by atoms with E-state index in [0.717, 1.165) is 45.2 Å². The smallest absolute Gasteiger partial charge is 0.373 e. The molecule has 1 heterocycles. The van der Waals surface area contributed by atoms with Crippen LogP contribution in [0.2, 0.25) is 0 Å². The zero-order valence-electron chi connectivity index (χ0n) is 22.9. The van der Waals surface area contributed by atoms with Crippen LogP contribution in [0.5, 0.6) is 0 Å². The van der Waals surface area contributed by atoms with E-state index < -0.39 is 22.7 Å². The monoisotopic (exact) mass is 514 g/mol. The number of rotatable bonds is 12. The van der Waals surface area contributed by atoms with Gasteiger partial charge in [0, 0.05) is 26.2 Å². The van der Waals surface area contributed by atoms with Crippen molar-refractivity contribution < 1.29 is 26.3 Å². The molecule has 1 aliphatic rings. The molecule has 0 aromatic heterocycles. The third-order valence-corrected chi connectivity index (χ3v) is 8.97. The van der Waals surface area contributed by atoms with E-state index in [-0.39, 0.29) is 28.9 Å². The van der Waals surface area contributed by atoms with Gasteiger partial charge in [-0.1, -0.05) is 61.3 Å². The van der Waals surface area contributed by atoms with Crippen molar-refractivity contribution >= 4 is 10.0 Å². The van der Waals surface area contributed by atoms with Crippen molar-refractivity contribution in [3.8, 4) is 0 Å². The van der Waals surface area contributed by atoms with Crippen molar-refractivity contribution in [2.24, 2.45) is 22.7 Å². The largest absolute Gasteiger partial charge is 0.402 e. The summed E-state index contributed by atoms with van der Waals surface area (Å²) < 4.78 is 70.0. The van der Waals surface area contributed by atoms with Gasteiger partial charge in [-0.2, -0.15) is 17.5 Å². The first kappa shape index (κ1) is 31.6. The fraction of sp³-hybridized carbons (Fsp3) is 1.00. The molecule has 0 amide bonds. The van der Waals surface area contributed by atoms with E-state index in [1.807, 2.05) is 20.8 Å². The summed E-state index contributed by atoms with van der Waals surface area (Å²) in [5, 5.41) is 0. The average molecular weight is 515 g/mol. The lowest BCUT2D eigenvalue weighted by Gasteiger charge is -2.45.